The number of nitrogens with two attached hydrogens (primary N) is 1. The molecule has 1 aromatic heterocycles. The van der Waals surface area contributed by atoms with E-state index in [0.29, 0.717) is 16.1 Å². The van der Waals surface area contributed by atoms with E-state index >= 15 is 0 Å². The van der Waals surface area contributed by atoms with Crippen molar-refractivity contribution in [1.82, 2.24) is 9.55 Å². The molecule has 2 rings (SSSR count). The number of hydrogen-bond donors (Lipinski definition) is 1. The van der Waals surface area contributed by atoms with Gasteiger partial charge in [-0.15, -0.1) is 0 Å². The third-order valence-corrected chi connectivity index (χ3v) is 2.84. The molecule has 0 fully saturated rings. The number of nitrogen functional groups attached to an aromatic ring is 1. The first kappa shape index (κ1) is 11.7. The lowest BCUT2D eigenvalue weighted by Crippen LogP contribution is -2.19. The quantitative estimate of drug-likeness (QED) is 0.831. The second kappa shape index (κ2) is 4.25. The summed E-state index contributed by atoms with van der Waals surface area (Å²) in [6.07, 6.45) is 0. The monoisotopic (exact) mass is 253 g/mol. The highest BCUT2D eigenvalue weighted by Crippen LogP contribution is 2.25. The third-order valence-electron chi connectivity index (χ3n) is 2.61. The Kier molecular flexibility index (Phi) is 2.93. The molecular weight excluding hydrogens is 242 g/mol. The molecule has 5 nitrogen and oxygen atoms in total. The van der Waals surface area contributed by atoms with Crippen molar-refractivity contribution in [1.29, 1.82) is 0 Å². The summed E-state index contributed by atoms with van der Waals surface area (Å²) in [7, 11) is 1.33. The van der Waals surface area contributed by atoms with Gasteiger partial charge in [-0.05, 0) is 25.1 Å². The van der Waals surface area contributed by atoms with E-state index in [1.165, 1.54) is 7.11 Å². The number of benzene rings is 1. The summed E-state index contributed by atoms with van der Waals surface area (Å²) in [5.41, 5.74) is 7.21. The van der Waals surface area contributed by atoms with Gasteiger partial charge in [0.05, 0.1) is 18.1 Å². The second-order valence-corrected chi connectivity index (χ2v) is 4.11. The van der Waals surface area contributed by atoms with Gasteiger partial charge in [-0.1, -0.05) is 11.6 Å². The van der Waals surface area contributed by atoms with Gasteiger partial charge in [-0.3, -0.25) is 4.57 Å². The van der Waals surface area contributed by atoms with Crippen LogP contribution in [0, 0.1) is 0 Å². The Hall–Kier alpha value is -1.75. The Morgan fingerprint density at radius 2 is 2.29 bits per heavy atom. The molecule has 2 aromatic rings. The number of methoxy groups -OCH3 is 1. The number of imidazole rings is 1. The Labute approximate surface area is 103 Å². The predicted molar refractivity (Wildman–Crippen MR) is 65.9 cm³/mol. The number of esters is 1. The standard InChI is InChI=1S/C11H12ClN3O2/c1-6(10(16)17-2)15-9-5-7(12)3-4-8(9)14-11(15)13/h3-6H,1-2H3,(H2,13,14). The summed E-state index contributed by atoms with van der Waals surface area (Å²) in [6.45, 7) is 1.70. The van der Waals surface area contributed by atoms with Gasteiger partial charge in [0.1, 0.15) is 6.04 Å². The number of anilines is 1. The Morgan fingerprint density at radius 3 is 2.94 bits per heavy atom. The molecular formula is C11H12ClN3O2. The highest BCUT2D eigenvalue weighted by molar-refractivity contribution is 6.31. The molecule has 0 radical (unpaired) electrons. The van der Waals surface area contributed by atoms with Crippen molar-refractivity contribution >= 4 is 34.6 Å². The Balaban J connectivity index is 2.63. The van der Waals surface area contributed by atoms with Crippen molar-refractivity contribution < 1.29 is 9.53 Å². The first-order valence-corrected chi connectivity index (χ1v) is 5.43. The van der Waals surface area contributed by atoms with Crippen molar-refractivity contribution in [2.45, 2.75) is 13.0 Å². The van der Waals surface area contributed by atoms with Crippen molar-refractivity contribution in [2.24, 2.45) is 0 Å². The lowest BCUT2D eigenvalue weighted by molar-refractivity contribution is -0.143. The number of rotatable bonds is 2. The fourth-order valence-electron chi connectivity index (χ4n) is 1.77. The molecule has 0 aliphatic rings. The van der Waals surface area contributed by atoms with Gasteiger partial charge in [0.15, 0.2) is 0 Å². The largest absolute Gasteiger partial charge is 0.467 e. The number of halogens is 1. The van der Waals surface area contributed by atoms with Crippen molar-refractivity contribution in [2.75, 3.05) is 12.8 Å². The SMILES string of the molecule is COC(=O)C(C)n1c(N)nc2ccc(Cl)cc21. The van der Waals surface area contributed by atoms with E-state index in [0.717, 1.165) is 0 Å². The zero-order chi connectivity index (χ0) is 12.6. The lowest BCUT2D eigenvalue weighted by Gasteiger charge is -2.13. The maximum absolute atomic E-state index is 11.5. The number of carbonyl (C=O) groups is 1. The molecule has 0 amide bonds. The molecule has 17 heavy (non-hydrogen) atoms. The third kappa shape index (κ3) is 1.93. The van der Waals surface area contributed by atoms with Crippen LogP contribution in [-0.4, -0.2) is 22.6 Å². The fraction of sp³-hybridized carbons (Fsp3) is 0.273. The summed E-state index contributed by atoms with van der Waals surface area (Å²) in [5, 5.41) is 0.565. The Morgan fingerprint density at radius 1 is 1.59 bits per heavy atom. The summed E-state index contributed by atoms with van der Waals surface area (Å²) in [6, 6.07) is 4.67. The lowest BCUT2D eigenvalue weighted by atomic mass is 10.3. The average molecular weight is 254 g/mol. The topological polar surface area (TPSA) is 70.1 Å². The van der Waals surface area contributed by atoms with Gasteiger partial charge < -0.3 is 10.5 Å². The van der Waals surface area contributed by atoms with Crippen LogP contribution >= 0.6 is 11.6 Å². The highest BCUT2D eigenvalue weighted by atomic mass is 35.5. The molecule has 2 N–H and O–H groups in total. The van der Waals surface area contributed by atoms with Crippen molar-refractivity contribution in [3.8, 4) is 0 Å². The van der Waals surface area contributed by atoms with Gasteiger partial charge in [0.2, 0.25) is 5.95 Å². The molecule has 1 aromatic carbocycles. The number of hydrogen-bond acceptors (Lipinski definition) is 4. The number of fused-ring (bicyclic) bond motifs is 1. The van der Waals surface area contributed by atoms with Crippen LogP contribution in [-0.2, 0) is 9.53 Å². The van der Waals surface area contributed by atoms with E-state index in [1.807, 2.05) is 0 Å². The van der Waals surface area contributed by atoms with E-state index in [1.54, 1.807) is 29.7 Å². The van der Waals surface area contributed by atoms with Gasteiger partial charge in [-0.2, -0.15) is 0 Å². The average Bonchev–Trinajstić information content (AvgIpc) is 2.62. The minimum atomic E-state index is -0.538. The molecule has 90 valence electrons. The first-order chi connectivity index (χ1) is 8.04. The maximum atomic E-state index is 11.5. The van der Waals surface area contributed by atoms with Crippen LogP contribution in [0.15, 0.2) is 18.2 Å². The molecule has 0 spiro atoms. The first-order valence-electron chi connectivity index (χ1n) is 5.05. The number of carbonyl (C=O) groups excluding carboxylic acids is 1. The predicted octanol–water partition coefficient (Wildman–Crippen LogP) is 2.01. The zero-order valence-corrected chi connectivity index (χ0v) is 10.2. The molecule has 1 atom stereocenters. The van der Waals surface area contributed by atoms with Gasteiger partial charge >= 0.3 is 5.97 Å². The van der Waals surface area contributed by atoms with Crippen molar-refractivity contribution in [3.63, 3.8) is 0 Å². The van der Waals surface area contributed by atoms with Crippen LogP contribution in [0.5, 0.6) is 0 Å². The molecule has 0 bridgehead atoms. The normalized spacial score (nSPS) is 12.6. The molecule has 0 aliphatic carbocycles. The minimum Gasteiger partial charge on any atom is -0.467 e. The van der Waals surface area contributed by atoms with Crippen LogP contribution in [0.2, 0.25) is 5.02 Å². The zero-order valence-electron chi connectivity index (χ0n) is 9.48. The van der Waals surface area contributed by atoms with E-state index in [9.17, 15) is 4.79 Å². The van der Waals surface area contributed by atoms with Gasteiger partial charge in [0.25, 0.3) is 0 Å². The van der Waals surface area contributed by atoms with Crippen LogP contribution in [0.4, 0.5) is 5.95 Å². The van der Waals surface area contributed by atoms with E-state index < -0.39 is 6.04 Å². The minimum absolute atomic E-state index is 0.264. The Bertz CT molecular complexity index is 579. The van der Waals surface area contributed by atoms with Crippen LogP contribution in [0.25, 0.3) is 11.0 Å². The van der Waals surface area contributed by atoms with Gasteiger partial charge in [0, 0.05) is 5.02 Å². The highest BCUT2D eigenvalue weighted by Gasteiger charge is 2.20. The fourth-order valence-corrected chi connectivity index (χ4v) is 1.93. The number of aromatic nitrogens is 2. The molecule has 0 aliphatic heterocycles. The number of nitrogens with zero attached hydrogens (tertiary/aromatic N) is 2. The van der Waals surface area contributed by atoms with E-state index in [-0.39, 0.29) is 11.9 Å². The molecule has 1 heterocycles. The van der Waals surface area contributed by atoms with Crippen LogP contribution < -0.4 is 5.73 Å². The molecule has 0 saturated heterocycles. The van der Waals surface area contributed by atoms with Crippen LogP contribution in [0.1, 0.15) is 13.0 Å². The van der Waals surface area contributed by atoms with Crippen molar-refractivity contribution in [3.05, 3.63) is 23.2 Å². The van der Waals surface area contributed by atoms with Gasteiger partial charge in [-0.25, -0.2) is 9.78 Å². The summed E-state index contributed by atoms with van der Waals surface area (Å²) in [4.78, 5) is 15.7. The summed E-state index contributed by atoms with van der Waals surface area (Å²) in [5.74, 6) is -0.115. The van der Waals surface area contributed by atoms with Crippen LogP contribution in [0.3, 0.4) is 0 Å². The van der Waals surface area contributed by atoms with E-state index in [4.69, 9.17) is 22.1 Å². The molecule has 1 unspecified atom stereocenters. The molecule has 6 heteroatoms. The summed E-state index contributed by atoms with van der Waals surface area (Å²) < 4.78 is 6.30. The second-order valence-electron chi connectivity index (χ2n) is 3.67. The smallest absolute Gasteiger partial charge is 0.328 e. The maximum Gasteiger partial charge on any atom is 0.328 e. The summed E-state index contributed by atoms with van der Waals surface area (Å²) >= 11 is 5.92. The van der Waals surface area contributed by atoms with E-state index in [2.05, 4.69) is 4.98 Å². The number of ether oxygens (including phenoxy) is 1. The molecule has 0 saturated carbocycles.